The third kappa shape index (κ3) is 5.17. The zero-order valence-corrected chi connectivity index (χ0v) is 13.9. The maximum atomic E-state index is 5.41. The number of benzene rings is 1. The van der Waals surface area contributed by atoms with E-state index in [9.17, 15) is 0 Å². The summed E-state index contributed by atoms with van der Waals surface area (Å²) in [4.78, 5) is 2.50. The molecule has 0 spiro atoms. The number of ether oxygens (including phenoxy) is 1. The highest BCUT2D eigenvalue weighted by Gasteiger charge is 2.15. The van der Waals surface area contributed by atoms with Gasteiger partial charge in [-0.3, -0.25) is 4.90 Å². The van der Waals surface area contributed by atoms with Crippen molar-refractivity contribution >= 4 is 15.9 Å². The molecule has 1 aromatic carbocycles. The first-order valence-corrected chi connectivity index (χ1v) is 8.38. The van der Waals surface area contributed by atoms with E-state index in [2.05, 4.69) is 57.3 Å². The Balaban J connectivity index is 1.92. The Hall–Kier alpha value is -0.420. The fourth-order valence-corrected chi connectivity index (χ4v) is 2.98. The molecule has 112 valence electrons. The molecule has 1 aliphatic rings. The number of nitrogens with one attached hydrogen (secondary N) is 1. The van der Waals surface area contributed by atoms with Gasteiger partial charge in [0.05, 0.1) is 13.2 Å². The lowest BCUT2D eigenvalue weighted by Gasteiger charge is -2.29. The van der Waals surface area contributed by atoms with Gasteiger partial charge in [0.1, 0.15) is 0 Å². The van der Waals surface area contributed by atoms with Crippen LogP contribution in [0.4, 0.5) is 0 Å². The zero-order chi connectivity index (χ0) is 14.2. The normalized spacial score (nSPS) is 18.1. The lowest BCUT2D eigenvalue weighted by atomic mass is 10.0. The third-order valence-electron chi connectivity index (χ3n) is 3.73. The molecule has 2 rings (SSSR count). The number of hydrogen-bond acceptors (Lipinski definition) is 3. The molecule has 1 heterocycles. The van der Waals surface area contributed by atoms with E-state index in [0.29, 0.717) is 6.04 Å². The predicted molar refractivity (Wildman–Crippen MR) is 87.1 cm³/mol. The summed E-state index contributed by atoms with van der Waals surface area (Å²) in [5.41, 5.74) is 1.38. The van der Waals surface area contributed by atoms with Crippen LogP contribution in [0.5, 0.6) is 0 Å². The molecule has 0 bridgehead atoms. The fraction of sp³-hybridized carbons (Fsp3) is 0.625. The van der Waals surface area contributed by atoms with Crippen LogP contribution in [0.25, 0.3) is 0 Å². The van der Waals surface area contributed by atoms with Crippen LogP contribution in [0.1, 0.15) is 31.4 Å². The third-order valence-corrected chi connectivity index (χ3v) is 4.22. The summed E-state index contributed by atoms with van der Waals surface area (Å²) in [7, 11) is 0. The average Bonchev–Trinajstić information content (AvgIpc) is 2.48. The lowest BCUT2D eigenvalue weighted by Crippen LogP contribution is -2.38. The van der Waals surface area contributed by atoms with Crippen molar-refractivity contribution in [3.8, 4) is 0 Å². The molecule has 1 aromatic rings. The number of rotatable bonds is 7. The summed E-state index contributed by atoms with van der Waals surface area (Å²) in [6.07, 6.45) is 2.32. The van der Waals surface area contributed by atoms with Gasteiger partial charge in [-0.15, -0.1) is 0 Å². The predicted octanol–water partition coefficient (Wildman–Crippen LogP) is 3.21. The van der Waals surface area contributed by atoms with Gasteiger partial charge in [0, 0.05) is 30.1 Å². The molecule has 0 aromatic heterocycles. The molecule has 1 N–H and O–H groups in total. The molecule has 0 radical (unpaired) electrons. The Morgan fingerprint density at radius 1 is 1.35 bits per heavy atom. The Kier molecular flexibility index (Phi) is 7.00. The van der Waals surface area contributed by atoms with Crippen molar-refractivity contribution in [2.75, 3.05) is 39.4 Å². The van der Waals surface area contributed by atoms with E-state index in [1.54, 1.807) is 0 Å². The van der Waals surface area contributed by atoms with Gasteiger partial charge >= 0.3 is 0 Å². The second kappa shape index (κ2) is 8.78. The van der Waals surface area contributed by atoms with Gasteiger partial charge in [-0.25, -0.2) is 0 Å². The first kappa shape index (κ1) is 16.0. The summed E-state index contributed by atoms with van der Waals surface area (Å²) in [6, 6.07) is 9.09. The largest absolute Gasteiger partial charge is 0.379 e. The molecule has 1 atom stereocenters. The van der Waals surface area contributed by atoms with Crippen LogP contribution in [0.3, 0.4) is 0 Å². The van der Waals surface area contributed by atoms with E-state index in [0.717, 1.165) is 50.3 Å². The molecule has 20 heavy (non-hydrogen) atoms. The number of hydrogen-bond donors (Lipinski definition) is 1. The molecular weight excluding hydrogens is 316 g/mol. The van der Waals surface area contributed by atoms with E-state index in [4.69, 9.17) is 4.74 Å². The van der Waals surface area contributed by atoms with Crippen molar-refractivity contribution in [2.45, 2.75) is 25.8 Å². The number of morpholine rings is 1. The Morgan fingerprint density at radius 3 is 2.85 bits per heavy atom. The van der Waals surface area contributed by atoms with E-state index in [1.165, 1.54) is 12.0 Å². The molecule has 1 fully saturated rings. The maximum absolute atomic E-state index is 5.41. The van der Waals surface area contributed by atoms with Crippen LogP contribution in [0.2, 0.25) is 0 Å². The van der Waals surface area contributed by atoms with E-state index < -0.39 is 0 Å². The zero-order valence-electron chi connectivity index (χ0n) is 12.3. The van der Waals surface area contributed by atoms with E-state index in [1.807, 2.05) is 0 Å². The minimum absolute atomic E-state index is 0.440. The first-order valence-electron chi connectivity index (χ1n) is 7.58. The quantitative estimate of drug-likeness (QED) is 0.824. The maximum Gasteiger partial charge on any atom is 0.0594 e. The molecule has 0 aliphatic carbocycles. The van der Waals surface area contributed by atoms with Gasteiger partial charge < -0.3 is 10.1 Å². The molecule has 0 saturated carbocycles. The summed E-state index contributed by atoms with van der Waals surface area (Å²) in [6.45, 7) is 8.32. The molecule has 1 unspecified atom stereocenters. The van der Waals surface area contributed by atoms with Crippen molar-refractivity contribution < 1.29 is 4.74 Å². The highest BCUT2D eigenvalue weighted by molar-refractivity contribution is 9.10. The summed E-state index contributed by atoms with van der Waals surface area (Å²) >= 11 is 3.57. The van der Waals surface area contributed by atoms with Gasteiger partial charge in [-0.2, -0.15) is 0 Å². The van der Waals surface area contributed by atoms with Crippen LogP contribution in [-0.4, -0.2) is 44.3 Å². The van der Waals surface area contributed by atoms with Crippen LogP contribution in [0, 0.1) is 0 Å². The van der Waals surface area contributed by atoms with Gasteiger partial charge in [0.25, 0.3) is 0 Å². The molecule has 1 aliphatic heterocycles. The van der Waals surface area contributed by atoms with Crippen LogP contribution < -0.4 is 5.32 Å². The second-order valence-corrected chi connectivity index (χ2v) is 6.22. The molecule has 3 nitrogen and oxygen atoms in total. The fourth-order valence-electron chi connectivity index (χ4n) is 2.56. The van der Waals surface area contributed by atoms with Crippen molar-refractivity contribution in [1.29, 1.82) is 0 Å². The average molecular weight is 341 g/mol. The minimum atomic E-state index is 0.440. The topological polar surface area (TPSA) is 24.5 Å². The van der Waals surface area contributed by atoms with Gasteiger partial charge in [-0.1, -0.05) is 35.0 Å². The lowest BCUT2D eigenvalue weighted by molar-refractivity contribution is 0.0361. The second-order valence-electron chi connectivity index (χ2n) is 5.30. The van der Waals surface area contributed by atoms with Crippen LogP contribution in [-0.2, 0) is 4.74 Å². The number of halogens is 1. The van der Waals surface area contributed by atoms with Crippen LogP contribution in [0.15, 0.2) is 28.7 Å². The number of nitrogens with zero attached hydrogens (tertiary/aromatic N) is 1. The summed E-state index contributed by atoms with van der Waals surface area (Å²) in [5.74, 6) is 0. The highest BCUT2D eigenvalue weighted by Crippen LogP contribution is 2.21. The molecule has 1 saturated heterocycles. The molecule has 0 amide bonds. The Labute approximate surface area is 130 Å². The minimum Gasteiger partial charge on any atom is -0.379 e. The van der Waals surface area contributed by atoms with E-state index >= 15 is 0 Å². The van der Waals surface area contributed by atoms with Crippen molar-refractivity contribution in [1.82, 2.24) is 10.2 Å². The SMILES string of the molecule is CCCNC(CCN1CCOCC1)c1cccc(Br)c1. The molecule has 4 heteroatoms. The highest BCUT2D eigenvalue weighted by atomic mass is 79.9. The Morgan fingerprint density at radius 2 is 2.15 bits per heavy atom. The van der Waals surface area contributed by atoms with Crippen molar-refractivity contribution in [2.24, 2.45) is 0 Å². The van der Waals surface area contributed by atoms with E-state index in [-0.39, 0.29) is 0 Å². The van der Waals surface area contributed by atoms with Gasteiger partial charge in [-0.05, 0) is 37.1 Å². The monoisotopic (exact) mass is 340 g/mol. The summed E-state index contributed by atoms with van der Waals surface area (Å²) < 4.78 is 6.57. The summed E-state index contributed by atoms with van der Waals surface area (Å²) in [5, 5.41) is 3.67. The Bertz CT molecular complexity index is 394. The standard InChI is InChI=1S/C16H25BrN2O/c1-2-7-18-16(14-4-3-5-15(17)13-14)6-8-19-9-11-20-12-10-19/h3-5,13,16,18H,2,6-12H2,1H3. The van der Waals surface area contributed by atoms with Crippen LogP contribution >= 0.6 is 15.9 Å². The van der Waals surface area contributed by atoms with Gasteiger partial charge in [0.15, 0.2) is 0 Å². The smallest absolute Gasteiger partial charge is 0.0594 e. The van der Waals surface area contributed by atoms with Crippen molar-refractivity contribution in [3.05, 3.63) is 34.3 Å². The first-order chi connectivity index (χ1) is 9.79. The van der Waals surface area contributed by atoms with Crippen molar-refractivity contribution in [3.63, 3.8) is 0 Å². The van der Waals surface area contributed by atoms with Gasteiger partial charge in [0.2, 0.25) is 0 Å². The molecular formula is C16H25BrN2O.